The number of fused-ring (bicyclic) bond motifs is 3. The van der Waals surface area contributed by atoms with Crippen molar-refractivity contribution in [2.45, 2.75) is 30.2 Å². The second-order valence-electron chi connectivity index (χ2n) is 9.93. The molecule has 1 unspecified atom stereocenters. The summed E-state index contributed by atoms with van der Waals surface area (Å²) in [5, 5.41) is 0.449. The highest BCUT2D eigenvalue weighted by atomic mass is 35.5. The van der Waals surface area contributed by atoms with Gasteiger partial charge in [0.1, 0.15) is 23.3 Å². The summed E-state index contributed by atoms with van der Waals surface area (Å²) in [6, 6.07) is 8.06. The predicted octanol–water partition coefficient (Wildman–Crippen LogP) is 4.32. The molecule has 2 bridgehead atoms. The molecular formula is C27H29ClN8S. The number of piperidine rings is 1. The van der Waals surface area contributed by atoms with E-state index >= 15 is 0 Å². The Labute approximate surface area is 225 Å². The third-order valence-corrected chi connectivity index (χ3v) is 9.41. The van der Waals surface area contributed by atoms with Crippen LogP contribution in [0.1, 0.15) is 30.0 Å². The van der Waals surface area contributed by atoms with E-state index in [1.807, 2.05) is 48.5 Å². The summed E-state index contributed by atoms with van der Waals surface area (Å²) in [6.45, 7) is 1.79. The van der Waals surface area contributed by atoms with Gasteiger partial charge in [0, 0.05) is 49.2 Å². The van der Waals surface area contributed by atoms with Crippen molar-refractivity contribution >= 4 is 46.9 Å². The first-order chi connectivity index (χ1) is 17.8. The molecule has 0 saturated carbocycles. The molecule has 1 aliphatic carbocycles. The lowest BCUT2D eigenvalue weighted by Crippen LogP contribution is -2.44. The molecule has 3 aliphatic heterocycles. The van der Waals surface area contributed by atoms with Crippen LogP contribution in [0.5, 0.6) is 0 Å². The van der Waals surface area contributed by atoms with Crippen molar-refractivity contribution < 1.29 is 0 Å². The maximum Gasteiger partial charge on any atom is 0.147 e. The number of allylic oxidation sites excluding steroid dienone is 2. The molecule has 10 heteroatoms. The Bertz CT molecular complexity index is 1420. The van der Waals surface area contributed by atoms with Gasteiger partial charge in [-0.05, 0) is 72.2 Å². The van der Waals surface area contributed by atoms with Gasteiger partial charge in [0.15, 0.2) is 0 Å². The average Bonchev–Trinajstić information content (AvgIpc) is 3.15. The van der Waals surface area contributed by atoms with Gasteiger partial charge in [-0.1, -0.05) is 29.4 Å². The minimum Gasteiger partial charge on any atom is -0.399 e. The van der Waals surface area contributed by atoms with Gasteiger partial charge < -0.3 is 27.0 Å². The number of amidine groups is 1. The predicted molar refractivity (Wildman–Crippen MR) is 152 cm³/mol. The number of pyridine rings is 1. The van der Waals surface area contributed by atoms with E-state index in [-0.39, 0.29) is 11.5 Å². The van der Waals surface area contributed by atoms with Gasteiger partial charge in [0.2, 0.25) is 0 Å². The normalized spacial score (nSPS) is 22.1. The van der Waals surface area contributed by atoms with Crippen molar-refractivity contribution in [3.8, 4) is 0 Å². The van der Waals surface area contributed by atoms with Crippen LogP contribution < -0.4 is 17.2 Å². The van der Waals surface area contributed by atoms with Crippen molar-refractivity contribution in [2.24, 2.45) is 21.1 Å². The molecule has 1 aromatic carbocycles. The van der Waals surface area contributed by atoms with E-state index in [2.05, 4.69) is 22.0 Å². The van der Waals surface area contributed by atoms with E-state index in [0.29, 0.717) is 10.8 Å². The van der Waals surface area contributed by atoms with E-state index in [1.165, 1.54) is 22.9 Å². The fourth-order valence-corrected chi connectivity index (χ4v) is 6.85. The number of benzene rings is 1. The number of thioether (sulfide) groups is 1. The molecule has 1 spiro atoms. The van der Waals surface area contributed by atoms with Gasteiger partial charge >= 0.3 is 0 Å². The van der Waals surface area contributed by atoms with Crippen molar-refractivity contribution in [3.63, 3.8) is 0 Å². The minimum atomic E-state index is 0.0209. The molecule has 37 heavy (non-hydrogen) atoms. The lowest BCUT2D eigenvalue weighted by atomic mass is 9.73. The van der Waals surface area contributed by atoms with Gasteiger partial charge in [0.25, 0.3) is 0 Å². The Balaban J connectivity index is 1.21. The van der Waals surface area contributed by atoms with E-state index in [1.54, 1.807) is 6.20 Å². The molecule has 0 amide bonds. The average molecular weight is 533 g/mol. The molecule has 6 rings (SSSR count). The molecule has 1 atom stereocenters. The lowest BCUT2D eigenvalue weighted by Gasteiger charge is -2.43. The smallest absolute Gasteiger partial charge is 0.147 e. The molecule has 190 valence electrons. The van der Waals surface area contributed by atoms with Crippen molar-refractivity contribution in [2.75, 3.05) is 31.6 Å². The second kappa shape index (κ2) is 9.24. The lowest BCUT2D eigenvalue weighted by molar-refractivity contribution is 0.109. The van der Waals surface area contributed by atoms with Crippen LogP contribution in [0.4, 0.5) is 11.5 Å². The van der Waals surface area contributed by atoms with E-state index in [9.17, 15) is 0 Å². The van der Waals surface area contributed by atoms with E-state index in [0.717, 1.165) is 65.3 Å². The number of aromatic nitrogens is 1. The number of likely N-dealkylation sites (tertiary alicyclic amines) is 1. The number of nitrogens with zero attached hydrogens (tertiary/aromatic N) is 5. The summed E-state index contributed by atoms with van der Waals surface area (Å²) in [4.78, 5) is 20.0. The number of likely N-dealkylation sites (N-methyl/N-ethyl adjacent to an activating group) is 1. The fraction of sp³-hybridized carbons (Fsp3) is 0.296. The summed E-state index contributed by atoms with van der Waals surface area (Å²) < 4.78 is 0. The molecule has 4 aliphatic rings. The molecule has 6 N–H and O–H groups in total. The van der Waals surface area contributed by atoms with Crippen LogP contribution in [0.15, 0.2) is 80.1 Å². The second-order valence-corrected chi connectivity index (χ2v) is 11.4. The van der Waals surface area contributed by atoms with Crippen LogP contribution in [0, 0.1) is 5.41 Å². The van der Waals surface area contributed by atoms with Crippen LogP contribution in [-0.4, -0.2) is 47.0 Å². The van der Waals surface area contributed by atoms with Crippen LogP contribution >= 0.6 is 23.4 Å². The summed E-state index contributed by atoms with van der Waals surface area (Å²) in [6.07, 6.45) is 12.5. The first-order valence-electron chi connectivity index (χ1n) is 12.3. The number of halogens is 1. The van der Waals surface area contributed by atoms with Gasteiger partial charge in [-0.15, -0.1) is 0 Å². The molecule has 4 heterocycles. The number of aliphatic imine (C=N–C) groups is 2. The van der Waals surface area contributed by atoms with Crippen molar-refractivity contribution in [1.29, 1.82) is 0 Å². The highest BCUT2D eigenvalue weighted by Crippen LogP contribution is 2.51. The minimum absolute atomic E-state index is 0.0209. The standard InChI is InChI=1S/C27H29ClN8S/c1-35-21-5-4-20(37-19-6-10-32-25(31)23(19)28)26(35)33-11-7-22(34-21)36-12-8-27(9-13-36)15-16-2-3-17(29)14-18(16)24(27)30/h2-7,10-11,14,24H,8-9,12-13,15,29-30H2,1H3,(H2,31,32). The Kier molecular flexibility index (Phi) is 6.01. The Hall–Kier alpha value is -3.27. The molecule has 1 fully saturated rings. The summed E-state index contributed by atoms with van der Waals surface area (Å²) in [5.74, 6) is 2.87. The summed E-state index contributed by atoms with van der Waals surface area (Å²) in [5.41, 5.74) is 22.1. The zero-order chi connectivity index (χ0) is 25.7. The monoisotopic (exact) mass is 532 g/mol. The topological polar surface area (TPSA) is 122 Å². The number of nitrogens with two attached hydrogens (primary N) is 3. The highest BCUT2D eigenvalue weighted by molar-refractivity contribution is 8.03. The van der Waals surface area contributed by atoms with E-state index in [4.69, 9.17) is 38.8 Å². The zero-order valence-corrected chi connectivity index (χ0v) is 22.1. The molecule has 2 aromatic rings. The highest BCUT2D eigenvalue weighted by Gasteiger charge is 2.46. The third-order valence-electron chi connectivity index (χ3n) is 7.81. The number of hydrogen-bond acceptors (Lipinski definition) is 9. The maximum absolute atomic E-state index is 6.79. The third kappa shape index (κ3) is 4.21. The van der Waals surface area contributed by atoms with Crippen LogP contribution in [0.2, 0.25) is 5.02 Å². The molecule has 8 nitrogen and oxygen atoms in total. The first-order valence-corrected chi connectivity index (χ1v) is 13.5. The first kappa shape index (κ1) is 24.1. The van der Waals surface area contributed by atoms with Gasteiger partial charge in [0.05, 0.1) is 9.93 Å². The van der Waals surface area contributed by atoms with Gasteiger partial charge in [-0.2, -0.15) is 0 Å². The number of nitrogen functional groups attached to an aromatic ring is 2. The molecule has 0 radical (unpaired) electrons. The van der Waals surface area contributed by atoms with Crippen molar-refractivity contribution in [3.05, 3.63) is 81.4 Å². The Morgan fingerprint density at radius 2 is 1.95 bits per heavy atom. The molecular weight excluding hydrogens is 504 g/mol. The Morgan fingerprint density at radius 1 is 1.14 bits per heavy atom. The maximum atomic E-state index is 6.79. The van der Waals surface area contributed by atoms with Crippen LogP contribution in [0.3, 0.4) is 0 Å². The largest absolute Gasteiger partial charge is 0.399 e. The molecule has 1 aromatic heterocycles. The van der Waals surface area contributed by atoms with Gasteiger partial charge in [-0.3, -0.25) is 0 Å². The fourth-order valence-electron chi connectivity index (χ4n) is 5.65. The van der Waals surface area contributed by atoms with Crippen molar-refractivity contribution in [1.82, 2.24) is 14.8 Å². The van der Waals surface area contributed by atoms with Crippen LogP contribution in [0.25, 0.3) is 0 Å². The summed E-state index contributed by atoms with van der Waals surface area (Å²) >= 11 is 7.88. The SMILES string of the molecule is CN1C2=NC(N3CCC4(CC3)Cc3ccc(N)cc3C4N)=CC=NC1=C(Sc1ccnc(N)c1Cl)C=C2. The Morgan fingerprint density at radius 3 is 2.76 bits per heavy atom. The van der Waals surface area contributed by atoms with Gasteiger partial charge in [-0.25, -0.2) is 15.0 Å². The summed E-state index contributed by atoms with van der Waals surface area (Å²) in [7, 11) is 1.98. The number of rotatable bonds is 3. The zero-order valence-electron chi connectivity index (χ0n) is 20.6. The van der Waals surface area contributed by atoms with E-state index < -0.39 is 0 Å². The quantitative estimate of drug-likeness (QED) is 0.503. The molecule has 1 saturated heterocycles. The number of hydrogen-bond donors (Lipinski definition) is 3. The number of anilines is 2. The van der Waals surface area contributed by atoms with Crippen LogP contribution in [-0.2, 0) is 6.42 Å².